The molecule has 2 aromatic carbocycles. The summed E-state index contributed by atoms with van der Waals surface area (Å²) in [7, 11) is 0. The van der Waals surface area contributed by atoms with E-state index >= 15 is 0 Å². The van der Waals surface area contributed by atoms with Crippen molar-refractivity contribution in [3.05, 3.63) is 65.0 Å². The normalized spacial score (nSPS) is 19.2. The highest BCUT2D eigenvalue weighted by atomic mass is 32.2. The molecule has 0 radical (unpaired) electrons. The summed E-state index contributed by atoms with van der Waals surface area (Å²) in [5, 5.41) is 10.5. The van der Waals surface area contributed by atoms with Crippen molar-refractivity contribution in [2.75, 3.05) is 5.75 Å². The van der Waals surface area contributed by atoms with E-state index in [2.05, 4.69) is 12.1 Å². The second-order valence-corrected chi connectivity index (χ2v) is 5.97. The van der Waals surface area contributed by atoms with Crippen molar-refractivity contribution in [1.29, 1.82) is 0 Å². The molecule has 98 valence electrons. The number of hydrogen-bond donors (Lipinski definition) is 1. The molecule has 0 bridgehead atoms. The standard InChI is InChI=1S/C16H15FOS/c1-10-8-11(6-7-14(10)17)16(18)13-9-19-15-5-3-2-4-12(13)15/h2-8,13,16,18H,9H2,1H3. The minimum Gasteiger partial charge on any atom is -0.388 e. The minimum atomic E-state index is -0.574. The predicted octanol–water partition coefficient (Wildman–Crippen LogP) is 4.06. The third kappa shape index (κ3) is 2.28. The predicted molar refractivity (Wildman–Crippen MR) is 76.0 cm³/mol. The highest BCUT2D eigenvalue weighted by molar-refractivity contribution is 7.99. The smallest absolute Gasteiger partial charge is 0.126 e. The van der Waals surface area contributed by atoms with Gasteiger partial charge < -0.3 is 5.11 Å². The molecule has 0 saturated carbocycles. The van der Waals surface area contributed by atoms with Gasteiger partial charge in [-0.3, -0.25) is 0 Å². The number of aliphatic hydroxyl groups excluding tert-OH is 1. The first-order chi connectivity index (χ1) is 9.16. The third-order valence-electron chi connectivity index (χ3n) is 3.64. The molecule has 0 saturated heterocycles. The van der Waals surface area contributed by atoms with Crippen LogP contribution in [0.3, 0.4) is 0 Å². The van der Waals surface area contributed by atoms with Crippen LogP contribution < -0.4 is 0 Å². The van der Waals surface area contributed by atoms with Crippen molar-refractivity contribution < 1.29 is 9.50 Å². The zero-order chi connectivity index (χ0) is 13.4. The van der Waals surface area contributed by atoms with E-state index in [1.807, 2.05) is 12.1 Å². The maximum Gasteiger partial charge on any atom is 0.126 e. The largest absolute Gasteiger partial charge is 0.388 e. The van der Waals surface area contributed by atoms with E-state index in [1.165, 1.54) is 16.5 Å². The number of fused-ring (bicyclic) bond motifs is 1. The summed E-state index contributed by atoms with van der Waals surface area (Å²) >= 11 is 1.77. The summed E-state index contributed by atoms with van der Waals surface area (Å²) in [5.41, 5.74) is 2.57. The van der Waals surface area contributed by atoms with Crippen molar-refractivity contribution in [1.82, 2.24) is 0 Å². The Hall–Kier alpha value is -1.32. The van der Waals surface area contributed by atoms with Crippen molar-refractivity contribution in [3.63, 3.8) is 0 Å². The molecule has 0 aromatic heterocycles. The summed E-state index contributed by atoms with van der Waals surface area (Å²) in [6.07, 6.45) is -0.574. The van der Waals surface area contributed by atoms with Gasteiger partial charge in [0.1, 0.15) is 5.82 Å². The number of benzene rings is 2. The molecule has 1 heterocycles. The fourth-order valence-electron chi connectivity index (χ4n) is 2.53. The van der Waals surface area contributed by atoms with Crippen molar-refractivity contribution in [3.8, 4) is 0 Å². The molecule has 2 atom stereocenters. The summed E-state index contributed by atoms with van der Waals surface area (Å²) < 4.78 is 13.3. The van der Waals surface area contributed by atoms with Crippen molar-refractivity contribution >= 4 is 11.8 Å². The van der Waals surface area contributed by atoms with Crippen LogP contribution in [0.1, 0.15) is 28.7 Å². The summed E-state index contributed by atoms with van der Waals surface area (Å²) in [6, 6.07) is 13.0. The minimum absolute atomic E-state index is 0.0889. The van der Waals surface area contributed by atoms with Gasteiger partial charge >= 0.3 is 0 Å². The van der Waals surface area contributed by atoms with Crippen LogP contribution in [0.25, 0.3) is 0 Å². The lowest BCUT2D eigenvalue weighted by atomic mass is 9.90. The second kappa shape index (κ2) is 4.99. The number of rotatable bonds is 2. The van der Waals surface area contributed by atoms with Crippen LogP contribution in [-0.2, 0) is 0 Å². The molecule has 1 aliphatic rings. The van der Waals surface area contributed by atoms with E-state index in [0.29, 0.717) is 5.56 Å². The molecule has 0 amide bonds. The van der Waals surface area contributed by atoms with E-state index in [4.69, 9.17) is 0 Å². The van der Waals surface area contributed by atoms with Gasteiger partial charge in [-0.25, -0.2) is 4.39 Å². The Morgan fingerprint density at radius 3 is 2.84 bits per heavy atom. The van der Waals surface area contributed by atoms with E-state index in [9.17, 15) is 9.50 Å². The first kappa shape index (κ1) is 12.7. The molecule has 3 rings (SSSR count). The van der Waals surface area contributed by atoms with Gasteiger partial charge in [0, 0.05) is 16.6 Å². The maximum atomic E-state index is 13.3. The van der Waals surface area contributed by atoms with Crippen LogP contribution in [0.4, 0.5) is 4.39 Å². The maximum absolute atomic E-state index is 13.3. The molecule has 0 fully saturated rings. The Balaban J connectivity index is 1.93. The molecular weight excluding hydrogens is 259 g/mol. The summed E-state index contributed by atoms with van der Waals surface area (Å²) in [4.78, 5) is 1.24. The molecule has 19 heavy (non-hydrogen) atoms. The molecule has 1 aliphatic heterocycles. The topological polar surface area (TPSA) is 20.2 Å². The fourth-order valence-corrected chi connectivity index (χ4v) is 3.81. The number of thioether (sulfide) groups is 1. The Morgan fingerprint density at radius 1 is 1.26 bits per heavy atom. The van der Waals surface area contributed by atoms with Gasteiger partial charge in [-0.05, 0) is 35.7 Å². The molecule has 1 N–H and O–H groups in total. The molecule has 0 aliphatic carbocycles. The molecule has 3 heteroatoms. The van der Waals surface area contributed by atoms with Crippen molar-refractivity contribution in [2.45, 2.75) is 23.8 Å². The van der Waals surface area contributed by atoms with Crippen LogP contribution >= 0.6 is 11.8 Å². The average molecular weight is 274 g/mol. The first-order valence-corrected chi connectivity index (χ1v) is 7.31. The van der Waals surface area contributed by atoms with Crippen LogP contribution in [0, 0.1) is 12.7 Å². The van der Waals surface area contributed by atoms with Gasteiger partial charge in [0.15, 0.2) is 0 Å². The number of hydrogen-bond acceptors (Lipinski definition) is 2. The van der Waals surface area contributed by atoms with Gasteiger partial charge in [0.25, 0.3) is 0 Å². The van der Waals surface area contributed by atoms with Crippen LogP contribution in [0.2, 0.25) is 0 Å². The summed E-state index contributed by atoms with van der Waals surface area (Å²) in [5.74, 6) is 0.736. The van der Waals surface area contributed by atoms with Crippen molar-refractivity contribution in [2.24, 2.45) is 0 Å². The quantitative estimate of drug-likeness (QED) is 0.891. The van der Waals surface area contributed by atoms with Gasteiger partial charge in [0.2, 0.25) is 0 Å². The zero-order valence-corrected chi connectivity index (χ0v) is 11.5. The van der Waals surface area contributed by atoms with Gasteiger partial charge in [0.05, 0.1) is 6.10 Å². The third-order valence-corrected chi connectivity index (χ3v) is 4.85. The Morgan fingerprint density at radius 2 is 2.05 bits per heavy atom. The highest BCUT2D eigenvalue weighted by Crippen LogP contribution is 2.45. The molecular formula is C16H15FOS. The average Bonchev–Trinajstić information content (AvgIpc) is 2.85. The monoisotopic (exact) mass is 274 g/mol. The van der Waals surface area contributed by atoms with Crippen LogP contribution in [-0.4, -0.2) is 10.9 Å². The van der Waals surface area contributed by atoms with Gasteiger partial charge in [-0.2, -0.15) is 0 Å². The van der Waals surface area contributed by atoms with E-state index in [0.717, 1.165) is 11.3 Å². The SMILES string of the molecule is Cc1cc(C(O)C2CSc3ccccc32)ccc1F. The Kier molecular flexibility index (Phi) is 3.33. The fraction of sp³-hybridized carbons (Fsp3) is 0.250. The zero-order valence-electron chi connectivity index (χ0n) is 10.6. The number of halogens is 1. The number of aliphatic hydroxyl groups is 1. The summed E-state index contributed by atoms with van der Waals surface area (Å²) in [6.45, 7) is 1.73. The second-order valence-electron chi connectivity index (χ2n) is 4.91. The Bertz CT molecular complexity index is 611. The lowest BCUT2D eigenvalue weighted by Crippen LogP contribution is -2.10. The lowest BCUT2D eigenvalue weighted by Gasteiger charge is -2.19. The molecule has 1 nitrogen and oxygen atoms in total. The van der Waals surface area contributed by atoms with E-state index in [-0.39, 0.29) is 11.7 Å². The first-order valence-electron chi connectivity index (χ1n) is 6.32. The van der Waals surface area contributed by atoms with Gasteiger partial charge in [-0.15, -0.1) is 11.8 Å². The molecule has 0 spiro atoms. The van der Waals surface area contributed by atoms with Gasteiger partial charge in [-0.1, -0.05) is 30.3 Å². The molecule has 2 aromatic rings. The van der Waals surface area contributed by atoms with Crippen LogP contribution in [0.5, 0.6) is 0 Å². The van der Waals surface area contributed by atoms with E-state index in [1.54, 1.807) is 30.8 Å². The number of aryl methyl sites for hydroxylation is 1. The lowest BCUT2D eigenvalue weighted by molar-refractivity contribution is 0.153. The van der Waals surface area contributed by atoms with E-state index < -0.39 is 6.10 Å². The molecule has 2 unspecified atom stereocenters. The Labute approximate surface area is 116 Å². The highest BCUT2D eigenvalue weighted by Gasteiger charge is 2.30. The van der Waals surface area contributed by atoms with Crippen LogP contribution in [0.15, 0.2) is 47.4 Å².